The minimum Gasteiger partial charge on any atom is -0.368 e. The molecule has 6 heteroatoms. The van der Waals surface area contributed by atoms with Crippen molar-refractivity contribution in [3.63, 3.8) is 0 Å². The van der Waals surface area contributed by atoms with Crippen LogP contribution in [0.15, 0.2) is 24.3 Å². The summed E-state index contributed by atoms with van der Waals surface area (Å²) in [6.07, 6.45) is 7.62. The van der Waals surface area contributed by atoms with Crippen LogP contribution in [0.25, 0.3) is 0 Å². The van der Waals surface area contributed by atoms with Gasteiger partial charge in [0.05, 0.1) is 6.04 Å². The van der Waals surface area contributed by atoms with Crippen LogP contribution in [0.4, 0.5) is 5.69 Å². The predicted octanol–water partition coefficient (Wildman–Crippen LogP) is 4.04. The first kappa shape index (κ1) is 24.3. The maximum Gasteiger partial charge on any atom is 0.251 e. The van der Waals surface area contributed by atoms with Gasteiger partial charge in [-0.3, -0.25) is 14.4 Å². The van der Waals surface area contributed by atoms with Crippen molar-refractivity contribution in [2.24, 2.45) is 11.8 Å². The molecule has 1 aromatic rings. The molecule has 2 saturated carbocycles. The van der Waals surface area contributed by atoms with E-state index >= 15 is 0 Å². The van der Waals surface area contributed by atoms with Gasteiger partial charge in [0.2, 0.25) is 5.91 Å². The van der Waals surface area contributed by atoms with E-state index in [9.17, 15) is 14.4 Å². The highest BCUT2D eigenvalue weighted by molar-refractivity contribution is 5.97. The molecule has 0 spiro atoms. The molecular weight excluding hydrogens is 402 g/mol. The van der Waals surface area contributed by atoms with Crippen LogP contribution in [0.3, 0.4) is 0 Å². The van der Waals surface area contributed by atoms with Gasteiger partial charge in [-0.1, -0.05) is 33.1 Å². The van der Waals surface area contributed by atoms with Gasteiger partial charge in [0, 0.05) is 43.3 Å². The summed E-state index contributed by atoms with van der Waals surface area (Å²) in [7, 11) is 0. The third-order valence-corrected chi connectivity index (χ3v) is 6.86. The van der Waals surface area contributed by atoms with E-state index in [1.165, 1.54) is 6.42 Å². The zero-order valence-corrected chi connectivity index (χ0v) is 19.9. The molecule has 6 nitrogen and oxygen atoms in total. The SMILES string of the molecule is CC.CC(=O)C(NC(=O)c1ccc(N2CCN(C(=O)C3CC3)CC2)cc1)C1CCCCC1. The molecule has 0 radical (unpaired) electrons. The van der Waals surface area contributed by atoms with Gasteiger partial charge < -0.3 is 15.1 Å². The second kappa shape index (κ2) is 11.5. The van der Waals surface area contributed by atoms with Crippen molar-refractivity contribution in [2.45, 2.75) is 71.8 Å². The maximum atomic E-state index is 12.8. The molecule has 1 saturated heterocycles. The molecule has 1 atom stereocenters. The number of carbonyl (C=O) groups excluding carboxylic acids is 3. The molecule has 1 unspecified atom stereocenters. The highest BCUT2D eigenvalue weighted by Gasteiger charge is 2.34. The van der Waals surface area contributed by atoms with Crippen molar-refractivity contribution in [2.75, 3.05) is 31.1 Å². The number of benzene rings is 1. The number of nitrogens with one attached hydrogen (secondary N) is 1. The molecule has 2 aliphatic carbocycles. The summed E-state index contributed by atoms with van der Waals surface area (Å²) in [6, 6.07) is 7.23. The Morgan fingerprint density at radius 2 is 1.47 bits per heavy atom. The molecule has 1 aliphatic heterocycles. The van der Waals surface area contributed by atoms with Crippen LogP contribution in [0.1, 0.15) is 76.1 Å². The second-order valence-corrected chi connectivity index (χ2v) is 9.09. The van der Waals surface area contributed by atoms with Crippen molar-refractivity contribution >= 4 is 23.3 Å². The number of hydrogen-bond donors (Lipinski definition) is 1. The number of nitrogens with zero attached hydrogens (tertiary/aromatic N) is 2. The zero-order chi connectivity index (χ0) is 23.1. The van der Waals surface area contributed by atoms with Crippen molar-refractivity contribution in [3.05, 3.63) is 29.8 Å². The molecule has 4 rings (SSSR count). The average Bonchev–Trinajstić information content (AvgIpc) is 3.69. The molecule has 32 heavy (non-hydrogen) atoms. The summed E-state index contributed by atoms with van der Waals surface area (Å²) in [5.74, 6) is 0.730. The number of piperazine rings is 1. The van der Waals surface area contributed by atoms with Gasteiger partial charge in [0.25, 0.3) is 5.91 Å². The van der Waals surface area contributed by atoms with E-state index in [4.69, 9.17) is 0 Å². The third kappa shape index (κ3) is 6.11. The van der Waals surface area contributed by atoms with Crippen LogP contribution < -0.4 is 10.2 Å². The van der Waals surface area contributed by atoms with Gasteiger partial charge in [-0.2, -0.15) is 0 Å². The highest BCUT2D eigenvalue weighted by Crippen LogP contribution is 2.31. The van der Waals surface area contributed by atoms with E-state index in [0.29, 0.717) is 11.5 Å². The number of amides is 2. The fourth-order valence-corrected chi connectivity index (χ4v) is 4.84. The Hall–Kier alpha value is -2.37. The lowest BCUT2D eigenvalue weighted by molar-refractivity contribution is -0.132. The van der Waals surface area contributed by atoms with E-state index in [-0.39, 0.29) is 29.6 Å². The minimum absolute atomic E-state index is 0.0467. The lowest BCUT2D eigenvalue weighted by Gasteiger charge is -2.36. The molecule has 176 valence electrons. The normalized spacial score (nSPS) is 20.1. The molecule has 1 aromatic carbocycles. The van der Waals surface area contributed by atoms with Crippen LogP contribution in [0.5, 0.6) is 0 Å². The molecule has 3 aliphatic rings. The number of rotatable bonds is 6. The number of Topliss-reactive ketones (excluding diaryl/α,β-unsaturated/α-hetero) is 1. The number of ketones is 1. The maximum absolute atomic E-state index is 12.8. The van der Waals surface area contributed by atoms with Gasteiger partial charge in [0.15, 0.2) is 5.78 Å². The third-order valence-electron chi connectivity index (χ3n) is 6.86. The average molecular weight is 442 g/mol. The smallest absolute Gasteiger partial charge is 0.251 e. The Balaban J connectivity index is 0.00000141. The van der Waals surface area contributed by atoms with Gasteiger partial charge in [-0.25, -0.2) is 0 Å². The van der Waals surface area contributed by atoms with Gasteiger partial charge in [-0.15, -0.1) is 0 Å². The lowest BCUT2D eigenvalue weighted by Crippen LogP contribution is -2.49. The first-order valence-corrected chi connectivity index (χ1v) is 12.5. The fraction of sp³-hybridized carbons (Fsp3) is 0.654. The Kier molecular flexibility index (Phi) is 8.71. The standard InChI is InChI=1S/C24H33N3O3.C2H6/c1-17(28)22(18-5-3-2-4-6-18)25-23(29)19-9-11-21(12-10-19)26-13-15-27(16-14-26)24(30)20-7-8-20;1-2/h9-12,18,20,22H,2-8,13-16H2,1H3,(H,25,29);1-2H3. The van der Waals surface area contributed by atoms with Crippen molar-refractivity contribution in [1.29, 1.82) is 0 Å². The summed E-state index contributed by atoms with van der Waals surface area (Å²) in [5, 5.41) is 2.99. The largest absolute Gasteiger partial charge is 0.368 e. The van der Waals surface area contributed by atoms with Crippen LogP contribution in [-0.2, 0) is 9.59 Å². The lowest BCUT2D eigenvalue weighted by atomic mass is 9.82. The van der Waals surface area contributed by atoms with E-state index < -0.39 is 0 Å². The highest BCUT2D eigenvalue weighted by atomic mass is 16.2. The summed E-state index contributed by atoms with van der Waals surface area (Å²) >= 11 is 0. The van der Waals surface area contributed by atoms with E-state index in [1.54, 1.807) is 6.92 Å². The van der Waals surface area contributed by atoms with Crippen LogP contribution in [-0.4, -0.2) is 54.7 Å². The molecule has 1 heterocycles. The molecule has 2 amide bonds. The summed E-state index contributed by atoms with van der Waals surface area (Å²) in [6.45, 7) is 8.74. The van der Waals surface area contributed by atoms with Crippen LogP contribution in [0.2, 0.25) is 0 Å². The van der Waals surface area contributed by atoms with E-state index in [1.807, 2.05) is 43.0 Å². The first-order valence-electron chi connectivity index (χ1n) is 12.5. The molecule has 3 fully saturated rings. The quantitative estimate of drug-likeness (QED) is 0.723. The summed E-state index contributed by atoms with van der Waals surface area (Å²) < 4.78 is 0. The van der Waals surface area contributed by atoms with Crippen LogP contribution >= 0.6 is 0 Å². The Morgan fingerprint density at radius 3 is 2.00 bits per heavy atom. The number of anilines is 1. The van der Waals surface area contributed by atoms with Crippen molar-refractivity contribution in [1.82, 2.24) is 10.2 Å². The molecule has 1 N–H and O–H groups in total. The van der Waals surface area contributed by atoms with Crippen molar-refractivity contribution < 1.29 is 14.4 Å². The minimum atomic E-state index is -0.380. The Morgan fingerprint density at radius 1 is 0.875 bits per heavy atom. The number of hydrogen-bond acceptors (Lipinski definition) is 4. The summed E-state index contributed by atoms with van der Waals surface area (Å²) in [4.78, 5) is 41.4. The second-order valence-electron chi connectivity index (χ2n) is 9.09. The Bertz CT molecular complexity index is 774. The fourth-order valence-electron chi connectivity index (χ4n) is 4.84. The first-order chi connectivity index (χ1) is 15.5. The molecule has 0 bridgehead atoms. The van der Waals surface area contributed by atoms with E-state index in [2.05, 4.69) is 10.2 Å². The Labute approximate surface area is 192 Å². The van der Waals surface area contributed by atoms with Gasteiger partial charge in [0.1, 0.15) is 0 Å². The summed E-state index contributed by atoms with van der Waals surface area (Å²) in [5.41, 5.74) is 1.66. The van der Waals surface area contributed by atoms with E-state index in [0.717, 1.165) is 70.4 Å². The van der Waals surface area contributed by atoms with Gasteiger partial charge >= 0.3 is 0 Å². The monoisotopic (exact) mass is 441 g/mol. The van der Waals surface area contributed by atoms with Crippen LogP contribution in [0, 0.1) is 11.8 Å². The van der Waals surface area contributed by atoms with Gasteiger partial charge in [-0.05, 0) is 62.8 Å². The molecule has 0 aromatic heterocycles. The number of carbonyl (C=O) groups is 3. The van der Waals surface area contributed by atoms with Crippen molar-refractivity contribution in [3.8, 4) is 0 Å². The molecular formula is C26H39N3O3. The predicted molar refractivity (Wildman–Crippen MR) is 128 cm³/mol. The zero-order valence-electron chi connectivity index (χ0n) is 19.9. The topological polar surface area (TPSA) is 69.7 Å².